The van der Waals surface area contributed by atoms with Gasteiger partial charge in [0.15, 0.2) is 0 Å². The Morgan fingerprint density at radius 3 is 2.63 bits per heavy atom. The molecule has 1 aliphatic heterocycles. The molecule has 0 bridgehead atoms. The zero-order chi connectivity index (χ0) is 20.8. The second kappa shape index (κ2) is 9.67. The van der Waals surface area contributed by atoms with Crippen LogP contribution in [0, 0.1) is 0 Å². The average molecular weight is 405 g/mol. The summed E-state index contributed by atoms with van der Waals surface area (Å²) in [5.41, 5.74) is 3.29. The van der Waals surface area contributed by atoms with Gasteiger partial charge in [-0.2, -0.15) is 0 Å². The van der Waals surface area contributed by atoms with Crippen LogP contribution in [0.2, 0.25) is 0 Å². The molecule has 2 atom stereocenters. The molecule has 156 valence electrons. The first kappa shape index (κ1) is 20.3. The van der Waals surface area contributed by atoms with Gasteiger partial charge in [-0.3, -0.25) is 9.48 Å². The van der Waals surface area contributed by atoms with Gasteiger partial charge in [-0.25, -0.2) is 0 Å². The van der Waals surface area contributed by atoms with Gasteiger partial charge in [-0.15, -0.1) is 5.10 Å². The van der Waals surface area contributed by atoms with Gasteiger partial charge in [0, 0.05) is 25.6 Å². The Hall–Kier alpha value is -2.99. The SMILES string of the molecule is COc1ccc([C@H]2CC(=O)C[C@@H](CCn3cc(CCc4ccccc4)nn3)O2)cc1. The summed E-state index contributed by atoms with van der Waals surface area (Å²) in [6.45, 7) is 0.686. The van der Waals surface area contributed by atoms with E-state index in [4.69, 9.17) is 9.47 Å². The van der Waals surface area contributed by atoms with Crippen LogP contribution >= 0.6 is 0 Å². The maximum Gasteiger partial charge on any atom is 0.138 e. The van der Waals surface area contributed by atoms with E-state index in [9.17, 15) is 4.79 Å². The molecule has 1 aromatic heterocycles. The molecule has 0 spiro atoms. The van der Waals surface area contributed by atoms with Crippen molar-refractivity contribution in [2.45, 2.75) is 50.9 Å². The molecule has 2 heterocycles. The molecule has 4 rings (SSSR count). The van der Waals surface area contributed by atoms with E-state index in [1.54, 1.807) is 7.11 Å². The smallest absolute Gasteiger partial charge is 0.138 e. The number of Topliss-reactive ketones (excluding diaryl/α,β-unsaturated/α-hetero) is 1. The van der Waals surface area contributed by atoms with E-state index in [1.165, 1.54) is 5.56 Å². The van der Waals surface area contributed by atoms with Crippen molar-refractivity contribution in [3.05, 3.63) is 77.6 Å². The highest BCUT2D eigenvalue weighted by Crippen LogP contribution is 2.31. The van der Waals surface area contributed by atoms with Crippen molar-refractivity contribution < 1.29 is 14.3 Å². The number of ketones is 1. The Balaban J connectivity index is 1.29. The van der Waals surface area contributed by atoms with Crippen LogP contribution in [-0.2, 0) is 28.9 Å². The maximum absolute atomic E-state index is 12.3. The van der Waals surface area contributed by atoms with Gasteiger partial charge in [0.05, 0.1) is 25.0 Å². The second-order valence-electron chi connectivity index (χ2n) is 7.71. The minimum atomic E-state index is -0.195. The summed E-state index contributed by atoms with van der Waals surface area (Å²) in [6.07, 6.45) is 5.13. The molecule has 0 N–H and O–H groups in total. The number of carbonyl (C=O) groups excluding carboxylic acids is 1. The minimum absolute atomic E-state index is 0.102. The van der Waals surface area contributed by atoms with Crippen LogP contribution in [0.1, 0.15) is 42.2 Å². The lowest BCUT2D eigenvalue weighted by Gasteiger charge is -2.29. The first-order valence-electron chi connectivity index (χ1n) is 10.4. The van der Waals surface area contributed by atoms with Crippen molar-refractivity contribution in [2.24, 2.45) is 0 Å². The highest BCUT2D eigenvalue weighted by molar-refractivity contribution is 5.80. The number of methoxy groups -OCH3 is 1. The Morgan fingerprint density at radius 2 is 1.87 bits per heavy atom. The molecule has 1 aliphatic rings. The lowest BCUT2D eigenvalue weighted by atomic mass is 9.96. The summed E-state index contributed by atoms with van der Waals surface area (Å²) < 4.78 is 13.3. The summed E-state index contributed by atoms with van der Waals surface area (Å²) >= 11 is 0. The van der Waals surface area contributed by atoms with Crippen LogP contribution in [-0.4, -0.2) is 34.0 Å². The van der Waals surface area contributed by atoms with Crippen molar-refractivity contribution in [1.82, 2.24) is 15.0 Å². The van der Waals surface area contributed by atoms with Crippen LogP contribution in [0.25, 0.3) is 0 Å². The Labute approximate surface area is 176 Å². The third kappa shape index (κ3) is 5.33. The predicted molar refractivity (Wildman–Crippen MR) is 113 cm³/mol. The molecule has 0 saturated carbocycles. The van der Waals surface area contributed by atoms with Crippen molar-refractivity contribution in [3.8, 4) is 5.75 Å². The first-order chi connectivity index (χ1) is 14.7. The van der Waals surface area contributed by atoms with E-state index >= 15 is 0 Å². The van der Waals surface area contributed by atoms with E-state index < -0.39 is 0 Å². The van der Waals surface area contributed by atoms with E-state index in [2.05, 4.69) is 34.6 Å². The van der Waals surface area contributed by atoms with E-state index in [0.717, 1.165) is 36.3 Å². The van der Waals surface area contributed by atoms with Crippen molar-refractivity contribution in [3.63, 3.8) is 0 Å². The fraction of sp³-hybridized carbons (Fsp3) is 0.375. The quantitative estimate of drug-likeness (QED) is 0.568. The number of benzene rings is 2. The number of carbonyl (C=O) groups is 1. The molecule has 0 radical (unpaired) electrons. The molecule has 3 aromatic rings. The minimum Gasteiger partial charge on any atom is -0.497 e. The molecule has 0 amide bonds. The van der Waals surface area contributed by atoms with Crippen LogP contribution in [0.15, 0.2) is 60.8 Å². The van der Waals surface area contributed by atoms with Crippen LogP contribution in [0.5, 0.6) is 5.75 Å². The van der Waals surface area contributed by atoms with Gasteiger partial charge in [0.2, 0.25) is 0 Å². The molecule has 0 unspecified atom stereocenters. The van der Waals surface area contributed by atoms with Crippen LogP contribution in [0.4, 0.5) is 0 Å². The molecular formula is C24H27N3O3. The lowest BCUT2D eigenvalue weighted by molar-refractivity contribution is -0.136. The molecule has 30 heavy (non-hydrogen) atoms. The van der Waals surface area contributed by atoms with Crippen LogP contribution < -0.4 is 4.74 Å². The number of ether oxygens (including phenoxy) is 2. The monoisotopic (exact) mass is 405 g/mol. The van der Waals surface area contributed by atoms with Gasteiger partial charge in [0.25, 0.3) is 0 Å². The highest BCUT2D eigenvalue weighted by atomic mass is 16.5. The van der Waals surface area contributed by atoms with Crippen molar-refractivity contribution >= 4 is 5.78 Å². The third-order valence-corrected chi connectivity index (χ3v) is 5.49. The Morgan fingerprint density at radius 1 is 1.07 bits per heavy atom. The van der Waals surface area contributed by atoms with Gasteiger partial charge in [0.1, 0.15) is 11.5 Å². The van der Waals surface area contributed by atoms with Gasteiger partial charge in [-0.05, 0) is 42.5 Å². The number of nitrogens with zero attached hydrogens (tertiary/aromatic N) is 3. The molecule has 2 aromatic carbocycles. The zero-order valence-electron chi connectivity index (χ0n) is 17.2. The largest absolute Gasteiger partial charge is 0.497 e. The Kier molecular flexibility index (Phi) is 6.54. The first-order valence-corrected chi connectivity index (χ1v) is 10.4. The molecule has 1 saturated heterocycles. The normalized spacial score (nSPS) is 19.0. The zero-order valence-corrected chi connectivity index (χ0v) is 17.2. The molecule has 6 nitrogen and oxygen atoms in total. The van der Waals surface area contributed by atoms with Crippen molar-refractivity contribution in [1.29, 1.82) is 0 Å². The summed E-state index contributed by atoms with van der Waals surface area (Å²) in [5, 5.41) is 8.52. The Bertz CT molecular complexity index is 953. The molecule has 0 aliphatic carbocycles. The summed E-state index contributed by atoms with van der Waals surface area (Å²) in [7, 11) is 1.64. The number of hydrogen-bond acceptors (Lipinski definition) is 5. The predicted octanol–water partition coefficient (Wildman–Crippen LogP) is 3.95. The van der Waals surface area contributed by atoms with Gasteiger partial charge in [-0.1, -0.05) is 47.7 Å². The molecule has 6 heteroatoms. The van der Waals surface area contributed by atoms with Crippen molar-refractivity contribution in [2.75, 3.05) is 7.11 Å². The summed E-state index contributed by atoms with van der Waals surface area (Å²) in [6, 6.07) is 18.1. The van der Waals surface area contributed by atoms with E-state index in [1.807, 2.05) is 41.2 Å². The fourth-order valence-corrected chi connectivity index (χ4v) is 3.81. The highest BCUT2D eigenvalue weighted by Gasteiger charge is 2.29. The number of aryl methyl sites for hydroxylation is 3. The summed E-state index contributed by atoms with van der Waals surface area (Å²) in [5.74, 6) is 1.04. The second-order valence-corrected chi connectivity index (χ2v) is 7.71. The molecule has 1 fully saturated rings. The summed E-state index contributed by atoms with van der Waals surface area (Å²) in [4.78, 5) is 12.3. The molecular weight excluding hydrogens is 378 g/mol. The average Bonchev–Trinajstić information content (AvgIpc) is 3.25. The van der Waals surface area contributed by atoms with Crippen LogP contribution in [0.3, 0.4) is 0 Å². The third-order valence-electron chi connectivity index (χ3n) is 5.49. The van der Waals surface area contributed by atoms with E-state index in [0.29, 0.717) is 19.4 Å². The topological polar surface area (TPSA) is 66.2 Å². The lowest BCUT2D eigenvalue weighted by Crippen LogP contribution is -2.29. The number of aromatic nitrogens is 3. The van der Waals surface area contributed by atoms with Gasteiger partial charge < -0.3 is 9.47 Å². The number of rotatable bonds is 8. The fourth-order valence-electron chi connectivity index (χ4n) is 3.81. The maximum atomic E-state index is 12.3. The number of hydrogen-bond donors (Lipinski definition) is 0. The van der Waals surface area contributed by atoms with E-state index in [-0.39, 0.29) is 18.0 Å². The van der Waals surface area contributed by atoms with Gasteiger partial charge >= 0.3 is 0 Å². The standard InChI is InChI=1S/C24H27N3O3/c1-29-22-11-8-19(9-12-22)24-16-21(28)15-23(30-24)13-14-27-17-20(25-26-27)10-7-18-5-3-2-4-6-18/h2-6,8-9,11-12,17,23-24H,7,10,13-16H2,1H3/t23-,24-/m1/s1.